The second-order valence-corrected chi connectivity index (χ2v) is 7.08. The SMILES string of the molecule is O=C1NC2(CO1)CN(C(=O)O[C@H]1C[C@@H](Oc3ccc(C(F)(F)F)cc3)C1)C2. The quantitative estimate of drug-likeness (QED) is 0.864. The lowest BCUT2D eigenvalue weighted by atomic mass is 9.91. The lowest BCUT2D eigenvalue weighted by Gasteiger charge is -2.46. The van der Waals surface area contributed by atoms with Crippen molar-refractivity contribution in [2.24, 2.45) is 0 Å². The van der Waals surface area contributed by atoms with Gasteiger partial charge in [0.15, 0.2) is 0 Å². The molecule has 0 radical (unpaired) electrons. The number of carbonyl (C=O) groups excluding carboxylic acids is 2. The molecule has 0 bridgehead atoms. The van der Waals surface area contributed by atoms with Crippen molar-refractivity contribution >= 4 is 12.2 Å². The highest BCUT2D eigenvalue weighted by molar-refractivity contribution is 5.74. The molecule has 0 atom stereocenters. The predicted octanol–water partition coefficient (Wildman–Crippen LogP) is 2.55. The third kappa shape index (κ3) is 3.60. The van der Waals surface area contributed by atoms with E-state index < -0.39 is 29.5 Å². The molecule has 1 N–H and O–H groups in total. The number of alkyl carbamates (subject to hydrolysis) is 1. The van der Waals surface area contributed by atoms with E-state index in [2.05, 4.69) is 5.32 Å². The number of benzene rings is 1. The summed E-state index contributed by atoms with van der Waals surface area (Å²) in [6.07, 6.45) is -4.85. The molecule has 10 heteroatoms. The number of halogens is 3. The highest BCUT2D eigenvalue weighted by atomic mass is 19.4. The Morgan fingerprint density at radius 3 is 2.41 bits per heavy atom. The van der Waals surface area contributed by atoms with Gasteiger partial charge in [-0.1, -0.05) is 0 Å². The molecule has 3 fully saturated rings. The van der Waals surface area contributed by atoms with Gasteiger partial charge in [0, 0.05) is 12.8 Å². The van der Waals surface area contributed by atoms with Crippen molar-refractivity contribution in [3.63, 3.8) is 0 Å². The van der Waals surface area contributed by atoms with Crippen molar-refractivity contribution in [2.45, 2.75) is 36.8 Å². The number of likely N-dealkylation sites (tertiary alicyclic amines) is 1. The molecule has 27 heavy (non-hydrogen) atoms. The van der Waals surface area contributed by atoms with E-state index in [1.54, 1.807) is 0 Å². The van der Waals surface area contributed by atoms with Gasteiger partial charge in [0.2, 0.25) is 0 Å². The molecule has 3 aliphatic rings. The molecule has 2 saturated heterocycles. The lowest BCUT2D eigenvalue weighted by molar-refractivity contribution is -0.137. The Kier molecular flexibility index (Phi) is 4.08. The molecule has 2 aliphatic heterocycles. The van der Waals surface area contributed by atoms with Crippen LogP contribution in [0.5, 0.6) is 5.75 Å². The minimum atomic E-state index is -4.38. The minimum Gasteiger partial charge on any atom is -0.490 e. The molecular weight excluding hydrogens is 369 g/mol. The van der Waals surface area contributed by atoms with E-state index >= 15 is 0 Å². The Morgan fingerprint density at radius 2 is 1.85 bits per heavy atom. The molecule has 0 aromatic heterocycles. The Balaban J connectivity index is 1.18. The number of rotatable bonds is 3. The van der Waals surface area contributed by atoms with Gasteiger partial charge in [-0.3, -0.25) is 0 Å². The number of ether oxygens (including phenoxy) is 3. The van der Waals surface area contributed by atoms with E-state index in [1.165, 1.54) is 17.0 Å². The first-order valence-corrected chi connectivity index (χ1v) is 8.47. The number of cyclic esters (lactones) is 1. The molecule has 1 aliphatic carbocycles. The lowest BCUT2D eigenvalue weighted by Crippen LogP contribution is -2.70. The summed E-state index contributed by atoms with van der Waals surface area (Å²) >= 11 is 0. The molecule has 146 valence electrons. The Labute approximate surface area is 152 Å². The highest BCUT2D eigenvalue weighted by Crippen LogP contribution is 2.33. The molecule has 4 rings (SSSR count). The highest BCUT2D eigenvalue weighted by Gasteiger charge is 2.52. The van der Waals surface area contributed by atoms with Crippen LogP contribution in [0.2, 0.25) is 0 Å². The van der Waals surface area contributed by atoms with Crippen molar-refractivity contribution in [2.75, 3.05) is 19.7 Å². The van der Waals surface area contributed by atoms with Crippen LogP contribution in [0.4, 0.5) is 22.8 Å². The largest absolute Gasteiger partial charge is 0.490 e. The molecule has 2 amide bonds. The summed E-state index contributed by atoms with van der Waals surface area (Å²) in [5.74, 6) is 0.347. The fraction of sp³-hybridized carbons (Fsp3) is 0.529. The number of amides is 2. The van der Waals surface area contributed by atoms with Gasteiger partial charge < -0.3 is 24.4 Å². The first kappa shape index (κ1) is 17.7. The molecule has 0 unspecified atom stereocenters. The summed E-state index contributed by atoms with van der Waals surface area (Å²) < 4.78 is 53.4. The topological polar surface area (TPSA) is 77.1 Å². The van der Waals surface area contributed by atoms with Crippen LogP contribution in [-0.4, -0.2) is 54.5 Å². The number of nitrogens with zero attached hydrogens (tertiary/aromatic N) is 1. The predicted molar refractivity (Wildman–Crippen MR) is 84.2 cm³/mol. The average molecular weight is 386 g/mol. The van der Waals surface area contributed by atoms with E-state index in [0.29, 0.717) is 31.7 Å². The number of hydrogen-bond acceptors (Lipinski definition) is 5. The van der Waals surface area contributed by atoms with Gasteiger partial charge in [-0.05, 0) is 24.3 Å². The van der Waals surface area contributed by atoms with Gasteiger partial charge in [-0.2, -0.15) is 13.2 Å². The maximum atomic E-state index is 12.5. The Hall–Kier alpha value is -2.65. The molecular formula is C17H17F3N2O5. The molecule has 1 spiro atoms. The maximum absolute atomic E-state index is 12.5. The fourth-order valence-corrected chi connectivity index (χ4v) is 3.32. The van der Waals surface area contributed by atoms with Crippen LogP contribution in [0.15, 0.2) is 24.3 Å². The molecule has 1 aromatic rings. The molecule has 2 heterocycles. The van der Waals surface area contributed by atoms with Gasteiger partial charge in [-0.25, -0.2) is 9.59 Å². The van der Waals surface area contributed by atoms with Crippen molar-refractivity contribution in [1.29, 1.82) is 0 Å². The summed E-state index contributed by atoms with van der Waals surface area (Å²) in [7, 11) is 0. The molecule has 1 aromatic carbocycles. The number of nitrogens with one attached hydrogen (secondary N) is 1. The molecule has 7 nitrogen and oxygen atoms in total. The second kappa shape index (κ2) is 6.21. The van der Waals surface area contributed by atoms with Gasteiger partial charge >= 0.3 is 18.4 Å². The maximum Gasteiger partial charge on any atom is 0.416 e. The Bertz CT molecular complexity index is 740. The summed E-state index contributed by atoms with van der Waals surface area (Å²) in [6, 6.07) is 4.49. The Morgan fingerprint density at radius 1 is 1.19 bits per heavy atom. The van der Waals surface area contributed by atoms with Crippen molar-refractivity contribution < 1.29 is 37.0 Å². The third-order valence-corrected chi connectivity index (χ3v) is 4.90. The summed E-state index contributed by atoms with van der Waals surface area (Å²) in [6.45, 7) is 0.924. The third-order valence-electron chi connectivity index (χ3n) is 4.90. The zero-order valence-corrected chi connectivity index (χ0v) is 14.1. The zero-order valence-electron chi connectivity index (χ0n) is 14.1. The van der Waals surface area contributed by atoms with Crippen LogP contribution in [0, 0.1) is 0 Å². The van der Waals surface area contributed by atoms with Gasteiger partial charge in [0.25, 0.3) is 0 Å². The van der Waals surface area contributed by atoms with E-state index in [4.69, 9.17) is 14.2 Å². The standard InChI is InChI=1S/C17H17F3N2O5/c18-17(19,20)10-1-3-11(4-2-10)26-12-5-13(6-12)27-15(24)22-7-16(8-22)9-25-14(23)21-16/h1-4,12-13H,5-9H2,(H,21,23)/t12-,13+. The van der Waals surface area contributed by atoms with Crippen LogP contribution < -0.4 is 10.1 Å². The minimum absolute atomic E-state index is 0.204. The van der Waals surface area contributed by atoms with Crippen LogP contribution in [0.25, 0.3) is 0 Å². The van der Waals surface area contributed by atoms with Crippen LogP contribution in [0.3, 0.4) is 0 Å². The zero-order chi connectivity index (χ0) is 19.2. The average Bonchev–Trinajstić information content (AvgIpc) is 2.93. The van der Waals surface area contributed by atoms with Gasteiger partial charge in [0.1, 0.15) is 30.1 Å². The smallest absolute Gasteiger partial charge is 0.416 e. The van der Waals surface area contributed by atoms with Crippen molar-refractivity contribution in [3.8, 4) is 5.75 Å². The summed E-state index contributed by atoms with van der Waals surface area (Å²) in [4.78, 5) is 24.6. The van der Waals surface area contributed by atoms with E-state index in [9.17, 15) is 22.8 Å². The monoisotopic (exact) mass is 386 g/mol. The van der Waals surface area contributed by atoms with E-state index in [1.807, 2.05) is 0 Å². The van der Waals surface area contributed by atoms with Crippen molar-refractivity contribution in [3.05, 3.63) is 29.8 Å². The normalized spacial score (nSPS) is 25.9. The van der Waals surface area contributed by atoms with Crippen LogP contribution in [-0.2, 0) is 15.7 Å². The fourth-order valence-electron chi connectivity index (χ4n) is 3.32. The first-order valence-electron chi connectivity index (χ1n) is 8.47. The van der Waals surface area contributed by atoms with Crippen LogP contribution >= 0.6 is 0 Å². The van der Waals surface area contributed by atoms with Gasteiger partial charge in [-0.15, -0.1) is 0 Å². The van der Waals surface area contributed by atoms with Crippen LogP contribution in [0.1, 0.15) is 18.4 Å². The van der Waals surface area contributed by atoms with Gasteiger partial charge in [0.05, 0.1) is 18.7 Å². The summed E-state index contributed by atoms with van der Waals surface area (Å²) in [5.41, 5.74) is -1.23. The van der Waals surface area contributed by atoms with E-state index in [0.717, 1.165) is 12.1 Å². The number of alkyl halides is 3. The first-order chi connectivity index (χ1) is 12.7. The molecule has 1 saturated carbocycles. The summed E-state index contributed by atoms with van der Waals surface area (Å²) in [5, 5.41) is 2.68. The van der Waals surface area contributed by atoms with E-state index in [-0.39, 0.29) is 18.8 Å². The number of hydrogen-bond donors (Lipinski definition) is 1. The second-order valence-electron chi connectivity index (χ2n) is 7.08. The van der Waals surface area contributed by atoms with Crippen molar-refractivity contribution in [1.82, 2.24) is 10.2 Å². The number of carbonyl (C=O) groups is 2.